The van der Waals surface area contributed by atoms with Gasteiger partial charge < -0.3 is 0 Å². The molecular weight excluding hydrogens is 475 g/mol. The van der Waals surface area contributed by atoms with Crippen molar-refractivity contribution in [1.29, 1.82) is 0 Å². The zero-order valence-electron chi connectivity index (χ0n) is 14.0. The summed E-state index contributed by atoms with van der Waals surface area (Å²) in [6.07, 6.45) is -0.0939. The van der Waals surface area contributed by atoms with E-state index in [0.29, 0.717) is 15.1 Å². The molecule has 1 aliphatic rings. The Morgan fingerprint density at radius 3 is 2.68 bits per heavy atom. The van der Waals surface area contributed by atoms with Crippen molar-refractivity contribution in [3.8, 4) is 11.8 Å². The third kappa shape index (κ3) is 5.22. The Kier molecular flexibility index (Phi) is 6.59. The standard InChI is InChI=1S/C19H12BrF4N2PS/c20-17-3-1-2-11(9-26-17)18(14-8-12(21)4-6-15(14)27)28-13-5-7-16(25-10-13)19(22,23)24/h3-11,18H,27H2. The van der Waals surface area contributed by atoms with E-state index in [2.05, 4.69) is 47.0 Å². The average Bonchev–Trinajstić information content (AvgIpc) is 2.86. The van der Waals surface area contributed by atoms with Crippen molar-refractivity contribution in [1.82, 2.24) is 4.98 Å². The van der Waals surface area contributed by atoms with Gasteiger partial charge in [0.2, 0.25) is 0 Å². The van der Waals surface area contributed by atoms with Crippen LogP contribution in [-0.2, 0) is 6.18 Å². The number of thioether (sulfide) groups is 1. The Bertz CT molecular complexity index is 994. The number of halogens is 5. The summed E-state index contributed by atoms with van der Waals surface area (Å²) < 4.78 is 52.7. The molecule has 1 aliphatic heterocycles. The Morgan fingerprint density at radius 1 is 1.21 bits per heavy atom. The van der Waals surface area contributed by atoms with Crippen molar-refractivity contribution >= 4 is 48.5 Å². The molecule has 144 valence electrons. The van der Waals surface area contributed by atoms with Crippen LogP contribution in [-0.4, -0.2) is 11.2 Å². The Labute approximate surface area is 174 Å². The van der Waals surface area contributed by atoms with Crippen molar-refractivity contribution in [2.24, 2.45) is 10.9 Å². The van der Waals surface area contributed by atoms with Crippen molar-refractivity contribution in [2.75, 3.05) is 0 Å². The van der Waals surface area contributed by atoms with Crippen LogP contribution >= 0.6 is 36.9 Å². The molecule has 0 amide bonds. The molecule has 2 heterocycles. The maximum Gasteiger partial charge on any atom is 0.433 e. The number of alkyl halides is 3. The summed E-state index contributed by atoms with van der Waals surface area (Å²) in [5, 5.41) is 0.370. The lowest BCUT2D eigenvalue weighted by Crippen LogP contribution is -2.16. The van der Waals surface area contributed by atoms with E-state index in [1.807, 2.05) is 0 Å². The summed E-state index contributed by atoms with van der Waals surface area (Å²) in [4.78, 5) is 8.25. The molecule has 1 aromatic carbocycles. The van der Waals surface area contributed by atoms with Gasteiger partial charge in [-0.3, -0.25) is 9.98 Å². The Balaban J connectivity index is 1.98. The molecular formula is C19H12BrF4N2PS. The van der Waals surface area contributed by atoms with Gasteiger partial charge in [-0.05, 0) is 51.1 Å². The van der Waals surface area contributed by atoms with Gasteiger partial charge in [0.1, 0.15) is 16.1 Å². The van der Waals surface area contributed by atoms with Crippen LogP contribution < -0.4 is 5.30 Å². The molecule has 0 aliphatic carbocycles. The van der Waals surface area contributed by atoms with Gasteiger partial charge in [0.05, 0.1) is 11.2 Å². The predicted octanol–water partition coefficient (Wildman–Crippen LogP) is 5.51. The zero-order valence-corrected chi connectivity index (χ0v) is 17.6. The van der Waals surface area contributed by atoms with Crippen LogP contribution in [0, 0.1) is 23.6 Å². The zero-order chi connectivity index (χ0) is 20.3. The van der Waals surface area contributed by atoms with Gasteiger partial charge in [0.15, 0.2) is 0 Å². The van der Waals surface area contributed by atoms with E-state index in [9.17, 15) is 17.6 Å². The number of hydrogen-bond acceptors (Lipinski definition) is 3. The quantitative estimate of drug-likeness (QED) is 0.187. The highest BCUT2D eigenvalue weighted by Gasteiger charge is 2.32. The maximum atomic E-state index is 13.9. The van der Waals surface area contributed by atoms with Gasteiger partial charge in [-0.2, -0.15) is 13.2 Å². The number of nitrogens with zero attached hydrogens (tertiary/aromatic N) is 2. The van der Waals surface area contributed by atoms with Gasteiger partial charge >= 0.3 is 6.18 Å². The number of aromatic nitrogens is 1. The SMILES string of the molecule is Fc1ccc(P)c(C(Sc2ccc(C(F)(F)F)nc2)C2C#CC=C(Br)N=C2)c1. The predicted molar refractivity (Wildman–Crippen MR) is 110 cm³/mol. The summed E-state index contributed by atoms with van der Waals surface area (Å²) in [6.45, 7) is 0. The molecule has 0 radical (unpaired) electrons. The van der Waals surface area contributed by atoms with Crippen molar-refractivity contribution in [3.05, 3.63) is 64.3 Å². The molecule has 9 heteroatoms. The van der Waals surface area contributed by atoms with Crippen LogP contribution in [0.1, 0.15) is 16.5 Å². The van der Waals surface area contributed by atoms with Gasteiger partial charge in [0, 0.05) is 23.4 Å². The third-order valence-corrected chi connectivity index (χ3v) is 6.05. The Hall–Kier alpha value is -1.68. The van der Waals surface area contributed by atoms with Crippen molar-refractivity contribution in [2.45, 2.75) is 16.3 Å². The maximum absolute atomic E-state index is 13.9. The summed E-state index contributed by atoms with van der Waals surface area (Å²) in [6, 6.07) is 6.66. The first-order chi connectivity index (χ1) is 13.2. The minimum atomic E-state index is -4.50. The molecule has 0 fully saturated rings. The van der Waals surface area contributed by atoms with Gasteiger partial charge in [-0.1, -0.05) is 17.9 Å². The summed E-state index contributed by atoms with van der Waals surface area (Å²) >= 11 is 4.52. The van der Waals surface area contributed by atoms with Crippen LogP contribution in [0.4, 0.5) is 17.6 Å². The lowest BCUT2D eigenvalue weighted by molar-refractivity contribution is -0.141. The van der Waals surface area contributed by atoms with Crippen molar-refractivity contribution in [3.63, 3.8) is 0 Å². The van der Waals surface area contributed by atoms with Crippen LogP contribution in [0.15, 0.2) is 57.1 Å². The summed E-state index contributed by atoms with van der Waals surface area (Å²) in [7, 11) is 2.55. The lowest BCUT2D eigenvalue weighted by Gasteiger charge is -2.22. The molecule has 3 unspecified atom stereocenters. The number of rotatable bonds is 4. The van der Waals surface area contributed by atoms with Gasteiger partial charge in [-0.25, -0.2) is 4.39 Å². The fraction of sp³-hybridized carbons (Fsp3) is 0.158. The highest BCUT2D eigenvalue weighted by molar-refractivity contribution is 9.11. The molecule has 0 spiro atoms. The lowest BCUT2D eigenvalue weighted by atomic mass is 10.00. The van der Waals surface area contributed by atoms with E-state index in [0.717, 1.165) is 17.6 Å². The van der Waals surface area contributed by atoms with Gasteiger partial charge in [0.25, 0.3) is 0 Å². The smallest absolute Gasteiger partial charge is 0.252 e. The van der Waals surface area contributed by atoms with Crippen molar-refractivity contribution < 1.29 is 17.6 Å². The molecule has 0 saturated heterocycles. The molecule has 28 heavy (non-hydrogen) atoms. The van der Waals surface area contributed by atoms with E-state index in [-0.39, 0.29) is 5.92 Å². The second kappa shape index (κ2) is 8.77. The fourth-order valence-corrected chi connectivity index (χ4v) is 4.35. The number of benzene rings is 1. The molecule has 3 atom stereocenters. The second-order valence-electron chi connectivity index (χ2n) is 5.75. The first kappa shape index (κ1) is 21.0. The van der Waals surface area contributed by atoms with Crippen LogP contribution in [0.2, 0.25) is 0 Å². The molecule has 1 aromatic heterocycles. The number of hydrogen-bond donors (Lipinski definition) is 0. The monoisotopic (exact) mass is 486 g/mol. The van der Waals surface area contributed by atoms with E-state index < -0.39 is 22.9 Å². The molecule has 0 bridgehead atoms. The van der Waals surface area contributed by atoms with E-state index in [4.69, 9.17) is 0 Å². The molecule has 3 rings (SSSR count). The molecule has 2 aromatic rings. The normalized spacial score (nSPS) is 17.4. The minimum Gasteiger partial charge on any atom is -0.252 e. The Morgan fingerprint density at radius 2 is 2.00 bits per heavy atom. The van der Waals surface area contributed by atoms with Gasteiger partial charge in [-0.15, -0.1) is 21.0 Å². The first-order valence-electron chi connectivity index (χ1n) is 7.90. The largest absolute Gasteiger partial charge is 0.433 e. The summed E-state index contributed by atoms with van der Waals surface area (Å²) in [5.41, 5.74) is -0.298. The topological polar surface area (TPSA) is 25.2 Å². The third-order valence-electron chi connectivity index (χ3n) is 3.77. The van der Waals surface area contributed by atoms with E-state index in [1.54, 1.807) is 18.4 Å². The van der Waals surface area contributed by atoms with Crippen LogP contribution in [0.3, 0.4) is 0 Å². The highest BCUT2D eigenvalue weighted by Crippen LogP contribution is 2.41. The molecule has 2 nitrogen and oxygen atoms in total. The van der Waals surface area contributed by atoms with Crippen LogP contribution in [0.5, 0.6) is 0 Å². The molecule has 0 saturated carbocycles. The van der Waals surface area contributed by atoms with E-state index >= 15 is 0 Å². The average molecular weight is 487 g/mol. The number of pyridine rings is 1. The molecule has 0 N–H and O–H groups in total. The number of allylic oxidation sites excluding steroid dienone is 1. The second-order valence-corrected chi connectivity index (χ2v) is 8.40. The minimum absolute atomic E-state index is 0.389. The number of aliphatic imine (C=N–C) groups is 1. The van der Waals surface area contributed by atoms with E-state index in [1.165, 1.54) is 30.0 Å². The summed E-state index contributed by atoms with van der Waals surface area (Å²) in [5.74, 6) is 5.14. The highest BCUT2D eigenvalue weighted by atomic mass is 79.9. The van der Waals surface area contributed by atoms with Crippen LogP contribution in [0.25, 0.3) is 0 Å². The first-order valence-corrected chi connectivity index (χ1v) is 10.1. The fourth-order valence-electron chi connectivity index (χ4n) is 2.46.